The second-order valence-corrected chi connectivity index (χ2v) is 10.1. The molecule has 2 aliphatic rings. The first kappa shape index (κ1) is 36.9. The van der Waals surface area contributed by atoms with Gasteiger partial charge in [-0.1, -0.05) is 26.8 Å². The van der Waals surface area contributed by atoms with Crippen LogP contribution < -0.4 is 25.7 Å². The predicted molar refractivity (Wildman–Crippen MR) is 167 cm³/mol. The molecule has 6 N–H and O–H groups in total. The maximum absolute atomic E-state index is 10.5. The molecule has 2 aromatic rings. The molecule has 0 saturated carbocycles. The highest BCUT2D eigenvalue weighted by molar-refractivity contribution is 5.66. The Morgan fingerprint density at radius 1 is 0.929 bits per heavy atom. The van der Waals surface area contributed by atoms with Gasteiger partial charge in [0.25, 0.3) is 0 Å². The van der Waals surface area contributed by atoms with E-state index >= 15 is 0 Å². The van der Waals surface area contributed by atoms with Crippen LogP contribution >= 0.6 is 0 Å². The van der Waals surface area contributed by atoms with E-state index in [0.717, 1.165) is 55.5 Å². The Labute approximate surface area is 251 Å². The van der Waals surface area contributed by atoms with Crippen molar-refractivity contribution in [3.05, 3.63) is 52.1 Å². The van der Waals surface area contributed by atoms with Crippen molar-refractivity contribution in [2.45, 2.75) is 98.1 Å². The van der Waals surface area contributed by atoms with E-state index < -0.39 is 5.97 Å². The zero-order valence-corrected chi connectivity index (χ0v) is 26.1. The molecule has 9 heteroatoms. The van der Waals surface area contributed by atoms with E-state index in [-0.39, 0.29) is 25.1 Å². The molecular weight excluding hydrogens is 536 g/mol. The van der Waals surface area contributed by atoms with E-state index in [1.807, 2.05) is 32.0 Å². The minimum atomic E-state index is -0.805. The monoisotopic (exact) mass is 588 g/mol. The summed E-state index contributed by atoms with van der Waals surface area (Å²) in [5.74, 6) is 1.53. The summed E-state index contributed by atoms with van der Waals surface area (Å²) in [6.07, 6.45) is 6.41. The Balaban J connectivity index is 0.000000373. The molecule has 0 aromatic heterocycles. The summed E-state index contributed by atoms with van der Waals surface area (Å²) in [5.41, 5.74) is 18.3. The molecule has 9 nitrogen and oxygen atoms in total. The molecule has 0 bridgehead atoms. The highest BCUT2D eigenvalue weighted by Gasteiger charge is 2.25. The van der Waals surface area contributed by atoms with E-state index in [9.17, 15) is 9.59 Å². The van der Waals surface area contributed by atoms with Gasteiger partial charge in [0.05, 0.1) is 19.8 Å². The number of aryl methyl sites for hydroxylation is 1. The molecule has 0 fully saturated rings. The molecular formula is C33H52N2O7. The molecule has 0 saturated heterocycles. The van der Waals surface area contributed by atoms with Crippen LogP contribution in [0.3, 0.4) is 0 Å². The Kier molecular flexibility index (Phi) is 18.2. The van der Waals surface area contributed by atoms with Gasteiger partial charge < -0.3 is 40.7 Å². The summed E-state index contributed by atoms with van der Waals surface area (Å²) in [6.45, 7) is 11.5. The molecule has 0 radical (unpaired) electrons. The molecule has 2 unspecified atom stereocenters. The number of carboxylic acids is 1. The summed E-state index contributed by atoms with van der Waals surface area (Å²) in [4.78, 5) is 20.7. The summed E-state index contributed by atoms with van der Waals surface area (Å²) in [7, 11) is 0. The summed E-state index contributed by atoms with van der Waals surface area (Å²) >= 11 is 0. The maximum Gasteiger partial charge on any atom is 0.303 e. The second kappa shape index (κ2) is 20.7. The number of ether oxygens (including phenoxy) is 3. The largest absolute Gasteiger partial charge is 0.493 e. The van der Waals surface area contributed by atoms with Gasteiger partial charge in [-0.05, 0) is 92.8 Å². The standard InChI is InChI=1S/C16H23NO4.C13H17NO2.C2H6O.C2H6/c1-2-7-21-16-13-10-12(17)9-11(13)5-6-14(16)20-8-3-4-15(18)19;1-9-5-12(16-4-2-3-15)7-10-6-11(14)8-13(9)10;1-2-3;1-2/h5-6,12H,2-4,7-10,17H2,1H3,(H,18,19);3,5,7,11H,2,4,6,8,14H2,1H3;3H,2H2,1H3;1-2H3. The van der Waals surface area contributed by atoms with Crippen LogP contribution in [0.25, 0.3) is 0 Å². The van der Waals surface area contributed by atoms with Crippen LogP contribution in [0.5, 0.6) is 17.2 Å². The van der Waals surface area contributed by atoms with Crippen LogP contribution in [0.4, 0.5) is 0 Å². The summed E-state index contributed by atoms with van der Waals surface area (Å²) in [6, 6.07) is 8.42. The van der Waals surface area contributed by atoms with Crippen LogP contribution in [0.1, 0.15) is 81.2 Å². The van der Waals surface area contributed by atoms with Crippen LogP contribution in [-0.2, 0) is 35.3 Å². The average molecular weight is 589 g/mol. The van der Waals surface area contributed by atoms with Crippen molar-refractivity contribution >= 4 is 12.3 Å². The van der Waals surface area contributed by atoms with Crippen molar-refractivity contribution < 1.29 is 34.0 Å². The van der Waals surface area contributed by atoms with Crippen molar-refractivity contribution in [1.29, 1.82) is 0 Å². The molecule has 0 aliphatic heterocycles. The number of fused-ring (bicyclic) bond motifs is 2. The Morgan fingerprint density at radius 3 is 2.19 bits per heavy atom. The van der Waals surface area contributed by atoms with E-state index in [0.29, 0.717) is 38.4 Å². The van der Waals surface area contributed by atoms with E-state index in [1.165, 1.54) is 22.3 Å². The first-order chi connectivity index (χ1) is 20.2. The second-order valence-electron chi connectivity index (χ2n) is 10.1. The fourth-order valence-corrected chi connectivity index (χ4v) is 4.81. The van der Waals surface area contributed by atoms with Crippen LogP contribution in [-0.4, -0.2) is 61.0 Å². The number of hydrogen-bond donors (Lipinski definition) is 4. The van der Waals surface area contributed by atoms with Gasteiger partial charge >= 0.3 is 5.97 Å². The lowest BCUT2D eigenvalue weighted by Crippen LogP contribution is -2.19. The van der Waals surface area contributed by atoms with Gasteiger partial charge in [0.15, 0.2) is 11.5 Å². The molecule has 2 aromatic carbocycles. The zero-order chi connectivity index (χ0) is 31.5. The van der Waals surface area contributed by atoms with Gasteiger partial charge in [-0.25, -0.2) is 0 Å². The molecule has 236 valence electrons. The number of rotatable bonds is 12. The molecule has 42 heavy (non-hydrogen) atoms. The number of nitrogens with two attached hydrogens (primary N) is 2. The number of aldehydes is 1. The third-order valence-corrected chi connectivity index (χ3v) is 6.50. The zero-order valence-electron chi connectivity index (χ0n) is 26.1. The highest BCUT2D eigenvalue weighted by Crippen LogP contribution is 2.38. The fraction of sp³-hybridized carbons (Fsp3) is 0.576. The Morgan fingerprint density at radius 2 is 1.57 bits per heavy atom. The predicted octanol–water partition coefficient (Wildman–Crippen LogP) is 4.56. The van der Waals surface area contributed by atoms with Gasteiger partial charge in [-0.3, -0.25) is 4.79 Å². The number of aliphatic hydroxyl groups excluding tert-OH is 1. The number of hydrogen-bond acceptors (Lipinski definition) is 8. The molecule has 0 amide bonds. The lowest BCUT2D eigenvalue weighted by molar-refractivity contribution is -0.137. The first-order valence-corrected chi connectivity index (χ1v) is 15.2. The van der Waals surface area contributed by atoms with Crippen LogP contribution in [0, 0.1) is 6.92 Å². The van der Waals surface area contributed by atoms with Crippen molar-refractivity contribution in [3.8, 4) is 17.2 Å². The minimum absolute atomic E-state index is 0.112. The number of aliphatic carboxylic acids is 1. The fourth-order valence-electron chi connectivity index (χ4n) is 4.81. The van der Waals surface area contributed by atoms with Gasteiger partial charge in [0, 0.05) is 37.1 Å². The number of carbonyl (C=O) groups is 2. The smallest absolute Gasteiger partial charge is 0.303 e. The normalized spacial score (nSPS) is 15.8. The quantitative estimate of drug-likeness (QED) is 0.206. The number of carboxylic acid groups (broad SMARTS) is 1. The molecule has 2 aliphatic carbocycles. The molecule has 0 heterocycles. The van der Waals surface area contributed by atoms with Gasteiger partial charge in [-0.15, -0.1) is 0 Å². The van der Waals surface area contributed by atoms with E-state index in [2.05, 4.69) is 19.9 Å². The lowest BCUT2D eigenvalue weighted by atomic mass is 10.0. The minimum Gasteiger partial charge on any atom is -0.493 e. The number of carbonyl (C=O) groups excluding carboxylic acids is 1. The Hall–Kier alpha value is -3.14. The molecule has 2 atom stereocenters. The maximum atomic E-state index is 10.5. The van der Waals surface area contributed by atoms with E-state index in [1.54, 1.807) is 6.92 Å². The molecule has 0 spiro atoms. The summed E-state index contributed by atoms with van der Waals surface area (Å²) < 4.78 is 17.1. The van der Waals surface area contributed by atoms with E-state index in [4.69, 9.17) is 35.9 Å². The van der Waals surface area contributed by atoms with Crippen molar-refractivity contribution in [3.63, 3.8) is 0 Å². The summed E-state index contributed by atoms with van der Waals surface area (Å²) in [5, 5.41) is 16.2. The van der Waals surface area contributed by atoms with Gasteiger partial charge in [0.2, 0.25) is 0 Å². The first-order valence-electron chi connectivity index (χ1n) is 15.2. The van der Waals surface area contributed by atoms with Crippen molar-refractivity contribution in [1.82, 2.24) is 0 Å². The molecule has 4 rings (SSSR count). The number of benzene rings is 2. The Bertz CT molecular complexity index is 1090. The van der Waals surface area contributed by atoms with Crippen LogP contribution in [0.15, 0.2) is 24.3 Å². The lowest BCUT2D eigenvalue weighted by Gasteiger charge is -2.16. The van der Waals surface area contributed by atoms with Gasteiger partial charge in [-0.2, -0.15) is 0 Å². The van der Waals surface area contributed by atoms with Crippen molar-refractivity contribution in [2.24, 2.45) is 11.5 Å². The third-order valence-electron chi connectivity index (χ3n) is 6.50. The van der Waals surface area contributed by atoms with Gasteiger partial charge in [0.1, 0.15) is 12.0 Å². The third kappa shape index (κ3) is 12.4. The topological polar surface area (TPSA) is 154 Å². The average Bonchev–Trinajstić information content (AvgIpc) is 3.53. The highest BCUT2D eigenvalue weighted by atomic mass is 16.5. The SMILES string of the molecule is CC.CCCOc1c(OCCCC(=O)O)ccc2c1CC(N)C2.CCO.Cc1cc(OCCC=O)cc2c1CC(N)C2. The van der Waals surface area contributed by atoms with Crippen molar-refractivity contribution in [2.75, 3.05) is 26.4 Å². The van der Waals surface area contributed by atoms with Crippen LogP contribution in [0.2, 0.25) is 0 Å². The number of aliphatic hydroxyl groups is 1.